The first-order valence-corrected chi connectivity index (χ1v) is 7.07. The van der Waals surface area contributed by atoms with Crippen molar-refractivity contribution in [2.45, 2.75) is 33.1 Å². The molecule has 1 aromatic rings. The molecule has 1 aliphatic rings. The van der Waals surface area contributed by atoms with E-state index in [1.165, 1.54) is 25.9 Å². The lowest BCUT2D eigenvalue weighted by atomic mass is 10.3. The molecule has 1 fully saturated rings. The number of nitrogens with one attached hydrogen (secondary N) is 1. The largest absolute Gasteiger partial charge is 0.368 e. The van der Waals surface area contributed by atoms with E-state index in [0.717, 1.165) is 36.7 Å². The number of halogens is 1. The summed E-state index contributed by atoms with van der Waals surface area (Å²) in [5.74, 6) is 1.68. The maximum absolute atomic E-state index is 6.10. The summed E-state index contributed by atoms with van der Waals surface area (Å²) in [5.41, 5.74) is 0.940. The highest BCUT2D eigenvalue weighted by Crippen LogP contribution is 2.19. The molecule has 5 heteroatoms. The van der Waals surface area contributed by atoms with Crippen molar-refractivity contribution in [3.63, 3.8) is 0 Å². The third kappa shape index (κ3) is 3.33. The highest BCUT2D eigenvalue weighted by atomic mass is 35.5. The lowest BCUT2D eigenvalue weighted by molar-refractivity contribution is 0.352. The van der Waals surface area contributed by atoms with Crippen molar-refractivity contribution in [1.29, 1.82) is 0 Å². The van der Waals surface area contributed by atoms with Crippen LogP contribution in [0.2, 0.25) is 5.15 Å². The van der Waals surface area contributed by atoms with Gasteiger partial charge in [0.15, 0.2) is 0 Å². The molecule has 18 heavy (non-hydrogen) atoms. The minimum atomic E-state index is 0.561. The zero-order valence-electron chi connectivity index (χ0n) is 11.2. The Morgan fingerprint density at radius 1 is 1.28 bits per heavy atom. The highest BCUT2D eigenvalue weighted by molar-refractivity contribution is 6.30. The predicted octanol–water partition coefficient (Wildman–Crippen LogP) is 2.51. The van der Waals surface area contributed by atoms with E-state index in [2.05, 4.69) is 20.2 Å². The molecule has 0 aliphatic carbocycles. The van der Waals surface area contributed by atoms with Crippen molar-refractivity contribution in [3.05, 3.63) is 16.5 Å². The number of hydrogen-bond acceptors (Lipinski definition) is 4. The summed E-state index contributed by atoms with van der Waals surface area (Å²) in [6, 6.07) is 0. The first-order valence-electron chi connectivity index (χ1n) is 6.70. The Morgan fingerprint density at radius 3 is 2.67 bits per heavy atom. The molecule has 1 aromatic heterocycles. The molecule has 0 unspecified atom stereocenters. The van der Waals surface area contributed by atoms with E-state index in [9.17, 15) is 0 Å². The van der Waals surface area contributed by atoms with Gasteiger partial charge in [-0.3, -0.25) is 0 Å². The van der Waals surface area contributed by atoms with Gasteiger partial charge in [0.1, 0.15) is 16.8 Å². The van der Waals surface area contributed by atoms with Gasteiger partial charge in [-0.15, -0.1) is 0 Å². The Balaban J connectivity index is 1.93. The van der Waals surface area contributed by atoms with Crippen LogP contribution in [0, 0.1) is 6.92 Å². The summed E-state index contributed by atoms with van der Waals surface area (Å²) >= 11 is 6.10. The Labute approximate surface area is 114 Å². The molecule has 1 aliphatic heterocycles. The monoisotopic (exact) mass is 268 g/mol. The SMILES string of the molecule is CCc1nc(Cl)c(C)c(NCCN2CCCC2)n1. The van der Waals surface area contributed by atoms with Crippen molar-refractivity contribution in [1.82, 2.24) is 14.9 Å². The molecule has 0 spiro atoms. The highest BCUT2D eigenvalue weighted by Gasteiger charge is 2.12. The van der Waals surface area contributed by atoms with Crippen LogP contribution in [-0.4, -0.2) is 41.0 Å². The van der Waals surface area contributed by atoms with Crippen molar-refractivity contribution < 1.29 is 0 Å². The molecule has 0 radical (unpaired) electrons. The van der Waals surface area contributed by atoms with E-state index in [1.54, 1.807) is 0 Å². The number of aromatic nitrogens is 2. The quantitative estimate of drug-likeness (QED) is 0.833. The summed E-state index contributed by atoms with van der Waals surface area (Å²) in [5, 5.41) is 3.94. The first-order chi connectivity index (χ1) is 8.70. The molecule has 0 atom stereocenters. The van der Waals surface area contributed by atoms with Crippen molar-refractivity contribution in [3.8, 4) is 0 Å². The minimum absolute atomic E-state index is 0.561. The van der Waals surface area contributed by atoms with Gasteiger partial charge in [0.25, 0.3) is 0 Å². The van der Waals surface area contributed by atoms with Crippen LogP contribution in [0.25, 0.3) is 0 Å². The van der Waals surface area contributed by atoms with Crippen LogP contribution in [0.1, 0.15) is 31.2 Å². The van der Waals surface area contributed by atoms with Gasteiger partial charge in [0.05, 0.1) is 0 Å². The van der Waals surface area contributed by atoms with Crippen LogP contribution in [0.5, 0.6) is 0 Å². The van der Waals surface area contributed by atoms with Crippen molar-refractivity contribution in [2.24, 2.45) is 0 Å². The number of likely N-dealkylation sites (tertiary alicyclic amines) is 1. The summed E-state index contributed by atoms with van der Waals surface area (Å²) in [4.78, 5) is 11.2. The molecule has 1 saturated heterocycles. The maximum atomic E-state index is 6.10. The topological polar surface area (TPSA) is 41.1 Å². The molecule has 0 amide bonds. The van der Waals surface area contributed by atoms with E-state index in [4.69, 9.17) is 11.6 Å². The zero-order valence-corrected chi connectivity index (χ0v) is 11.9. The number of hydrogen-bond donors (Lipinski definition) is 1. The number of anilines is 1. The van der Waals surface area contributed by atoms with Crippen LogP contribution in [-0.2, 0) is 6.42 Å². The zero-order chi connectivity index (χ0) is 13.0. The van der Waals surface area contributed by atoms with Gasteiger partial charge < -0.3 is 10.2 Å². The maximum Gasteiger partial charge on any atom is 0.137 e. The van der Waals surface area contributed by atoms with E-state index in [0.29, 0.717) is 5.15 Å². The van der Waals surface area contributed by atoms with Crippen LogP contribution in [0.4, 0.5) is 5.82 Å². The Hall–Kier alpha value is -0.870. The molecule has 0 aromatic carbocycles. The molecule has 0 bridgehead atoms. The average Bonchev–Trinajstić information content (AvgIpc) is 2.87. The van der Waals surface area contributed by atoms with E-state index >= 15 is 0 Å². The Bertz CT molecular complexity index is 402. The number of nitrogens with zero attached hydrogens (tertiary/aromatic N) is 3. The summed E-state index contributed by atoms with van der Waals surface area (Å²) in [6.45, 7) is 8.44. The van der Waals surface area contributed by atoms with Crippen molar-refractivity contribution in [2.75, 3.05) is 31.5 Å². The average molecular weight is 269 g/mol. The van der Waals surface area contributed by atoms with Gasteiger partial charge in [-0.2, -0.15) is 0 Å². The molecular weight excluding hydrogens is 248 g/mol. The van der Waals surface area contributed by atoms with E-state index in [1.807, 2.05) is 13.8 Å². The number of rotatable bonds is 5. The van der Waals surface area contributed by atoms with E-state index < -0.39 is 0 Å². The van der Waals surface area contributed by atoms with Gasteiger partial charge in [-0.1, -0.05) is 18.5 Å². The Morgan fingerprint density at radius 2 is 2.00 bits per heavy atom. The third-order valence-electron chi connectivity index (χ3n) is 3.37. The second-order valence-electron chi connectivity index (χ2n) is 4.73. The van der Waals surface area contributed by atoms with Crippen molar-refractivity contribution >= 4 is 17.4 Å². The standard InChI is InChI=1S/C13H21ClN4/c1-3-11-16-12(14)10(2)13(17-11)15-6-9-18-7-4-5-8-18/h3-9H2,1-2H3,(H,15,16,17). The fourth-order valence-electron chi connectivity index (χ4n) is 2.20. The van der Waals surface area contributed by atoms with Crippen LogP contribution >= 0.6 is 11.6 Å². The summed E-state index contributed by atoms with van der Waals surface area (Å²) in [6.07, 6.45) is 3.47. The first kappa shape index (κ1) is 13.6. The van der Waals surface area contributed by atoms with Gasteiger partial charge in [0.2, 0.25) is 0 Å². The predicted molar refractivity (Wildman–Crippen MR) is 75.3 cm³/mol. The molecule has 4 nitrogen and oxygen atoms in total. The van der Waals surface area contributed by atoms with Crippen LogP contribution in [0.15, 0.2) is 0 Å². The van der Waals surface area contributed by atoms with E-state index in [-0.39, 0.29) is 0 Å². The normalized spacial score (nSPS) is 16.2. The second kappa shape index (κ2) is 6.34. The fourth-order valence-corrected chi connectivity index (χ4v) is 2.39. The lowest BCUT2D eigenvalue weighted by Gasteiger charge is -2.16. The van der Waals surface area contributed by atoms with Crippen LogP contribution < -0.4 is 5.32 Å². The lowest BCUT2D eigenvalue weighted by Crippen LogP contribution is -2.26. The molecule has 2 heterocycles. The smallest absolute Gasteiger partial charge is 0.137 e. The minimum Gasteiger partial charge on any atom is -0.368 e. The molecule has 2 rings (SSSR count). The van der Waals surface area contributed by atoms with Gasteiger partial charge >= 0.3 is 0 Å². The molecule has 1 N–H and O–H groups in total. The second-order valence-corrected chi connectivity index (χ2v) is 5.09. The molecule has 0 saturated carbocycles. The van der Waals surface area contributed by atoms with Crippen LogP contribution in [0.3, 0.4) is 0 Å². The third-order valence-corrected chi connectivity index (χ3v) is 3.74. The van der Waals surface area contributed by atoms with Gasteiger partial charge in [0, 0.05) is 25.1 Å². The number of aryl methyl sites for hydroxylation is 1. The fraction of sp³-hybridized carbons (Fsp3) is 0.692. The van der Waals surface area contributed by atoms with Gasteiger partial charge in [-0.25, -0.2) is 9.97 Å². The summed E-state index contributed by atoms with van der Waals surface area (Å²) in [7, 11) is 0. The van der Waals surface area contributed by atoms with Gasteiger partial charge in [-0.05, 0) is 32.9 Å². The summed E-state index contributed by atoms with van der Waals surface area (Å²) < 4.78 is 0. The Kier molecular flexibility index (Phi) is 4.78. The molecular formula is C13H21ClN4. The molecule has 100 valence electrons.